The van der Waals surface area contributed by atoms with Crippen LogP contribution in [0.3, 0.4) is 0 Å². The van der Waals surface area contributed by atoms with Crippen LogP contribution in [0.25, 0.3) is 11.0 Å². The number of methoxy groups -OCH3 is 1. The van der Waals surface area contributed by atoms with Crippen molar-refractivity contribution >= 4 is 11.0 Å². The summed E-state index contributed by atoms with van der Waals surface area (Å²) in [7, 11) is 1.62. The molecule has 0 spiro atoms. The summed E-state index contributed by atoms with van der Waals surface area (Å²) in [6, 6.07) is 7.53. The Balaban J connectivity index is 2.43. The molecule has 1 heterocycles. The average Bonchev–Trinajstić information content (AvgIpc) is 2.59. The molecule has 4 nitrogen and oxygen atoms in total. The van der Waals surface area contributed by atoms with Gasteiger partial charge in [-0.3, -0.25) is 4.84 Å². The Labute approximate surface area is 81.2 Å². The molecule has 0 saturated carbocycles. The van der Waals surface area contributed by atoms with Gasteiger partial charge in [0.15, 0.2) is 0 Å². The Morgan fingerprint density at radius 3 is 2.93 bits per heavy atom. The van der Waals surface area contributed by atoms with Crippen LogP contribution in [0.15, 0.2) is 28.7 Å². The summed E-state index contributed by atoms with van der Waals surface area (Å²) >= 11 is 0. The van der Waals surface area contributed by atoms with Gasteiger partial charge in [0.1, 0.15) is 23.7 Å². The summed E-state index contributed by atoms with van der Waals surface area (Å²) in [5.74, 6) is 6.43. The number of fused-ring (bicyclic) bond motifs is 1. The molecule has 0 aliphatic rings. The van der Waals surface area contributed by atoms with Crippen molar-refractivity contribution in [2.75, 3.05) is 7.11 Å². The zero-order valence-electron chi connectivity index (χ0n) is 7.82. The molecular weight excluding hydrogens is 182 g/mol. The van der Waals surface area contributed by atoms with E-state index in [0.717, 1.165) is 16.7 Å². The van der Waals surface area contributed by atoms with E-state index in [4.69, 9.17) is 15.1 Å². The molecule has 1 aromatic carbocycles. The third-order valence-corrected chi connectivity index (χ3v) is 2.00. The number of nitrogens with two attached hydrogens (primary N) is 1. The fourth-order valence-electron chi connectivity index (χ4n) is 1.35. The molecule has 0 unspecified atom stereocenters. The molecule has 14 heavy (non-hydrogen) atoms. The Bertz CT molecular complexity index is 436. The van der Waals surface area contributed by atoms with Gasteiger partial charge in [-0.2, -0.15) is 0 Å². The highest BCUT2D eigenvalue weighted by molar-refractivity contribution is 5.79. The highest BCUT2D eigenvalue weighted by Crippen LogP contribution is 2.24. The number of furan rings is 1. The van der Waals surface area contributed by atoms with E-state index in [1.54, 1.807) is 7.11 Å². The summed E-state index contributed by atoms with van der Waals surface area (Å²) in [4.78, 5) is 4.49. The van der Waals surface area contributed by atoms with Gasteiger partial charge in [-0.1, -0.05) is 0 Å². The van der Waals surface area contributed by atoms with Gasteiger partial charge in [0, 0.05) is 11.5 Å². The number of benzene rings is 1. The summed E-state index contributed by atoms with van der Waals surface area (Å²) in [6.45, 7) is 0.275. The maximum atomic E-state index is 5.47. The quantitative estimate of drug-likeness (QED) is 0.755. The minimum atomic E-state index is 0.275. The third-order valence-electron chi connectivity index (χ3n) is 2.00. The van der Waals surface area contributed by atoms with Crippen LogP contribution in [0.5, 0.6) is 5.75 Å². The van der Waals surface area contributed by atoms with Crippen LogP contribution in [0, 0.1) is 0 Å². The van der Waals surface area contributed by atoms with Crippen molar-refractivity contribution in [3.8, 4) is 5.75 Å². The molecule has 0 amide bonds. The molecule has 2 aromatic rings. The number of ether oxygens (including phenoxy) is 1. The van der Waals surface area contributed by atoms with Gasteiger partial charge in [0.25, 0.3) is 0 Å². The predicted octanol–water partition coefficient (Wildman–Crippen LogP) is 1.83. The first-order chi connectivity index (χ1) is 6.83. The highest BCUT2D eigenvalue weighted by Gasteiger charge is 2.04. The lowest BCUT2D eigenvalue weighted by atomic mass is 10.2. The van der Waals surface area contributed by atoms with Crippen LogP contribution < -0.4 is 10.6 Å². The second-order valence-electron chi connectivity index (χ2n) is 2.93. The van der Waals surface area contributed by atoms with E-state index in [1.807, 2.05) is 24.3 Å². The van der Waals surface area contributed by atoms with E-state index in [0.29, 0.717) is 5.76 Å². The van der Waals surface area contributed by atoms with Crippen molar-refractivity contribution in [3.05, 3.63) is 30.0 Å². The smallest absolute Gasteiger partial charge is 0.138 e. The van der Waals surface area contributed by atoms with Crippen LogP contribution in [0.1, 0.15) is 5.76 Å². The van der Waals surface area contributed by atoms with E-state index in [1.165, 1.54) is 0 Å². The minimum Gasteiger partial charge on any atom is -0.497 e. The van der Waals surface area contributed by atoms with Gasteiger partial charge in [0.05, 0.1) is 7.11 Å². The summed E-state index contributed by atoms with van der Waals surface area (Å²) in [5, 5.41) is 1.01. The van der Waals surface area contributed by atoms with E-state index in [9.17, 15) is 0 Å². The van der Waals surface area contributed by atoms with Gasteiger partial charge in [0.2, 0.25) is 0 Å². The van der Waals surface area contributed by atoms with Crippen molar-refractivity contribution < 1.29 is 14.0 Å². The van der Waals surface area contributed by atoms with Gasteiger partial charge in [-0.15, -0.1) is 0 Å². The first-order valence-electron chi connectivity index (χ1n) is 4.21. The molecule has 74 valence electrons. The topological polar surface area (TPSA) is 57.6 Å². The van der Waals surface area contributed by atoms with Gasteiger partial charge < -0.3 is 9.15 Å². The molecular formula is C10H11NO3. The largest absolute Gasteiger partial charge is 0.497 e. The number of hydrogen-bond acceptors (Lipinski definition) is 4. The summed E-state index contributed by atoms with van der Waals surface area (Å²) in [5.41, 5.74) is 0.774. The fourth-order valence-corrected chi connectivity index (χ4v) is 1.35. The molecule has 0 radical (unpaired) electrons. The molecule has 1 aromatic heterocycles. The Kier molecular flexibility index (Phi) is 2.39. The van der Waals surface area contributed by atoms with Crippen LogP contribution >= 0.6 is 0 Å². The lowest BCUT2D eigenvalue weighted by molar-refractivity contribution is 0.110. The second-order valence-corrected chi connectivity index (χ2v) is 2.93. The van der Waals surface area contributed by atoms with Crippen molar-refractivity contribution in [1.29, 1.82) is 0 Å². The standard InChI is InChI=1S/C10H11NO3/c1-12-8-3-2-7-4-9(6-13-11)14-10(7)5-8/h2-5H,6,11H2,1H3. The minimum absolute atomic E-state index is 0.275. The Morgan fingerprint density at radius 1 is 1.36 bits per heavy atom. The number of rotatable bonds is 3. The lowest BCUT2D eigenvalue weighted by Gasteiger charge is -1.96. The van der Waals surface area contributed by atoms with E-state index < -0.39 is 0 Å². The molecule has 0 fully saturated rings. The molecule has 2 N–H and O–H groups in total. The van der Waals surface area contributed by atoms with E-state index in [2.05, 4.69) is 4.84 Å². The Hall–Kier alpha value is -1.52. The molecule has 0 aliphatic carbocycles. The second kappa shape index (κ2) is 3.69. The normalized spacial score (nSPS) is 10.7. The highest BCUT2D eigenvalue weighted by atomic mass is 16.6. The summed E-state index contributed by atoms with van der Waals surface area (Å²) < 4.78 is 10.5. The van der Waals surface area contributed by atoms with Crippen LogP contribution in [-0.2, 0) is 11.4 Å². The van der Waals surface area contributed by atoms with Gasteiger partial charge >= 0.3 is 0 Å². The maximum Gasteiger partial charge on any atom is 0.138 e. The van der Waals surface area contributed by atoms with Crippen molar-refractivity contribution in [2.45, 2.75) is 6.61 Å². The molecule has 0 atom stereocenters. The van der Waals surface area contributed by atoms with Crippen molar-refractivity contribution in [3.63, 3.8) is 0 Å². The SMILES string of the molecule is COc1ccc2cc(CON)oc2c1. The Morgan fingerprint density at radius 2 is 2.21 bits per heavy atom. The van der Waals surface area contributed by atoms with E-state index >= 15 is 0 Å². The third kappa shape index (κ3) is 1.57. The van der Waals surface area contributed by atoms with E-state index in [-0.39, 0.29) is 6.61 Å². The zero-order valence-corrected chi connectivity index (χ0v) is 7.82. The molecule has 4 heteroatoms. The zero-order chi connectivity index (χ0) is 9.97. The molecule has 2 rings (SSSR count). The van der Waals surface area contributed by atoms with Gasteiger partial charge in [-0.05, 0) is 18.2 Å². The fraction of sp³-hybridized carbons (Fsp3) is 0.200. The van der Waals surface area contributed by atoms with Crippen molar-refractivity contribution in [1.82, 2.24) is 0 Å². The van der Waals surface area contributed by atoms with Crippen LogP contribution in [-0.4, -0.2) is 7.11 Å². The predicted molar refractivity (Wildman–Crippen MR) is 51.7 cm³/mol. The molecule has 0 aliphatic heterocycles. The summed E-state index contributed by atoms with van der Waals surface area (Å²) in [6.07, 6.45) is 0. The molecule has 0 saturated heterocycles. The van der Waals surface area contributed by atoms with Gasteiger partial charge in [-0.25, -0.2) is 5.90 Å². The lowest BCUT2D eigenvalue weighted by Crippen LogP contribution is -1.96. The van der Waals surface area contributed by atoms with Crippen molar-refractivity contribution in [2.24, 2.45) is 5.90 Å². The maximum absolute atomic E-state index is 5.47. The monoisotopic (exact) mass is 193 g/mol. The molecule has 0 bridgehead atoms. The first kappa shape index (κ1) is 9.05. The first-order valence-corrected chi connectivity index (χ1v) is 4.21. The van der Waals surface area contributed by atoms with Crippen LogP contribution in [0.4, 0.5) is 0 Å². The van der Waals surface area contributed by atoms with Crippen LogP contribution in [0.2, 0.25) is 0 Å². The average molecular weight is 193 g/mol. The number of hydrogen-bond donors (Lipinski definition) is 1.